The Kier molecular flexibility index (Phi) is 8.66. The maximum atomic E-state index is 5.65. The predicted molar refractivity (Wildman–Crippen MR) is 107 cm³/mol. The Hall–Kier alpha value is -0.200. The molecule has 26 heavy (non-hydrogen) atoms. The van der Waals surface area contributed by atoms with Crippen LogP contribution in [0.2, 0.25) is 0 Å². The molecule has 0 N–H and O–H groups in total. The fraction of sp³-hybridized carbons (Fsp3) is 1.00. The van der Waals surface area contributed by atoms with Crippen molar-refractivity contribution in [1.29, 1.82) is 0 Å². The van der Waals surface area contributed by atoms with Crippen molar-refractivity contribution in [1.82, 2.24) is 14.7 Å². The summed E-state index contributed by atoms with van der Waals surface area (Å²) >= 11 is 0. The lowest BCUT2D eigenvalue weighted by Gasteiger charge is -2.41. The molecule has 0 unspecified atom stereocenters. The van der Waals surface area contributed by atoms with Crippen molar-refractivity contribution in [2.75, 3.05) is 72.7 Å². The smallest absolute Gasteiger partial charge is 0.0589 e. The Morgan fingerprint density at radius 3 is 2.46 bits per heavy atom. The highest BCUT2D eigenvalue weighted by atomic mass is 16.5. The number of nitrogens with zero attached hydrogens (tertiary/aromatic N) is 3. The highest BCUT2D eigenvalue weighted by Gasteiger charge is 2.31. The van der Waals surface area contributed by atoms with Crippen molar-refractivity contribution in [3.05, 3.63) is 0 Å². The molecule has 3 fully saturated rings. The van der Waals surface area contributed by atoms with Crippen LogP contribution in [-0.2, 0) is 9.47 Å². The number of ether oxygens (including phenoxy) is 2. The van der Waals surface area contributed by atoms with Gasteiger partial charge in [-0.1, -0.05) is 6.92 Å². The van der Waals surface area contributed by atoms with Crippen LogP contribution in [-0.4, -0.2) is 99.5 Å². The molecule has 3 saturated heterocycles. The lowest BCUT2D eigenvalue weighted by Crippen LogP contribution is -2.49. The van der Waals surface area contributed by atoms with Crippen molar-refractivity contribution < 1.29 is 9.47 Å². The van der Waals surface area contributed by atoms with E-state index in [-0.39, 0.29) is 0 Å². The first-order chi connectivity index (χ1) is 12.8. The Labute approximate surface area is 161 Å². The lowest BCUT2D eigenvalue weighted by molar-refractivity contribution is 0.0132. The molecule has 0 aromatic heterocycles. The molecular formula is C21H41N3O2. The molecular weight excluding hydrogens is 326 g/mol. The Bertz CT molecular complexity index is 381. The van der Waals surface area contributed by atoms with Gasteiger partial charge in [-0.05, 0) is 70.6 Å². The number of likely N-dealkylation sites (N-methyl/N-ethyl adjacent to an activating group) is 1. The summed E-state index contributed by atoms with van der Waals surface area (Å²) in [6.07, 6.45) is 7.94. The molecule has 0 aromatic carbocycles. The van der Waals surface area contributed by atoms with Crippen LogP contribution in [0.5, 0.6) is 0 Å². The quantitative estimate of drug-likeness (QED) is 0.624. The average Bonchev–Trinajstić information content (AvgIpc) is 3.15. The molecule has 3 rings (SSSR count). The minimum Gasteiger partial charge on any atom is -0.383 e. The van der Waals surface area contributed by atoms with Crippen LogP contribution >= 0.6 is 0 Å². The van der Waals surface area contributed by atoms with Crippen LogP contribution in [0.1, 0.15) is 45.4 Å². The molecule has 0 bridgehead atoms. The zero-order valence-corrected chi connectivity index (χ0v) is 17.2. The zero-order valence-electron chi connectivity index (χ0n) is 17.2. The third-order valence-electron chi connectivity index (χ3n) is 6.87. The maximum Gasteiger partial charge on any atom is 0.0589 e. The molecule has 5 heteroatoms. The van der Waals surface area contributed by atoms with Crippen LogP contribution in [0.3, 0.4) is 0 Å². The second-order valence-corrected chi connectivity index (χ2v) is 8.50. The maximum absolute atomic E-state index is 5.65. The van der Waals surface area contributed by atoms with Gasteiger partial charge in [0.05, 0.1) is 6.61 Å². The number of rotatable bonds is 9. The molecule has 1 atom stereocenters. The van der Waals surface area contributed by atoms with Gasteiger partial charge in [0.1, 0.15) is 0 Å². The second kappa shape index (κ2) is 11.0. The van der Waals surface area contributed by atoms with Gasteiger partial charge in [-0.3, -0.25) is 9.80 Å². The van der Waals surface area contributed by atoms with Crippen LogP contribution in [0.15, 0.2) is 0 Å². The van der Waals surface area contributed by atoms with Gasteiger partial charge >= 0.3 is 0 Å². The average molecular weight is 368 g/mol. The minimum atomic E-state index is 0.745. The van der Waals surface area contributed by atoms with E-state index in [1.807, 2.05) is 0 Å². The Morgan fingerprint density at radius 1 is 1.00 bits per heavy atom. The molecule has 3 aliphatic rings. The largest absolute Gasteiger partial charge is 0.383 e. The van der Waals surface area contributed by atoms with Gasteiger partial charge < -0.3 is 14.4 Å². The number of piperidine rings is 1. The van der Waals surface area contributed by atoms with Gasteiger partial charge in [-0.25, -0.2) is 0 Å². The first kappa shape index (κ1) is 20.5. The van der Waals surface area contributed by atoms with Crippen LogP contribution in [0.4, 0.5) is 0 Å². The molecule has 5 nitrogen and oxygen atoms in total. The van der Waals surface area contributed by atoms with E-state index in [2.05, 4.69) is 21.6 Å². The highest BCUT2D eigenvalue weighted by Crippen LogP contribution is 2.25. The van der Waals surface area contributed by atoms with E-state index in [1.165, 1.54) is 77.8 Å². The normalized spacial score (nSPS) is 27.6. The lowest BCUT2D eigenvalue weighted by atomic mass is 9.94. The summed E-state index contributed by atoms with van der Waals surface area (Å²) in [4.78, 5) is 8.16. The third kappa shape index (κ3) is 5.90. The molecule has 0 saturated carbocycles. The highest BCUT2D eigenvalue weighted by molar-refractivity contribution is 4.86. The summed E-state index contributed by atoms with van der Waals surface area (Å²) < 4.78 is 10.9. The van der Waals surface area contributed by atoms with Gasteiger partial charge in [-0.2, -0.15) is 0 Å². The first-order valence-corrected chi connectivity index (χ1v) is 11.1. The van der Waals surface area contributed by atoms with Crippen molar-refractivity contribution in [2.45, 2.75) is 57.5 Å². The summed E-state index contributed by atoms with van der Waals surface area (Å²) in [7, 11) is 1.81. The molecule has 0 spiro atoms. The van der Waals surface area contributed by atoms with Crippen LogP contribution in [0.25, 0.3) is 0 Å². The molecule has 3 aliphatic heterocycles. The number of hydrogen-bond donors (Lipinski definition) is 0. The molecule has 0 amide bonds. The third-order valence-corrected chi connectivity index (χ3v) is 6.87. The topological polar surface area (TPSA) is 28.2 Å². The minimum absolute atomic E-state index is 0.745. The first-order valence-electron chi connectivity index (χ1n) is 11.1. The van der Waals surface area contributed by atoms with Gasteiger partial charge in [-0.15, -0.1) is 0 Å². The molecule has 0 aliphatic carbocycles. The van der Waals surface area contributed by atoms with E-state index >= 15 is 0 Å². The van der Waals surface area contributed by atoms with E-state index in [0.29, 0.717) is 0 Å². The summed E-state index contributed by atoms with van der Waals surface area (Å²) in [5.41, 5.74) is 0. The van der Waals surface area contributed by atoms with E-state index in [1.54, 1.807) is 7.11 Å². The molecule has 0 radical (unpaired) electrons. The van der Waals surface area contributed by atoms with Gasteiger partial charge in [0.25, 0.3) is 0 Å². The standard InChI is InChI=1S/C21H41N3O2/c1-3-23-10-4-5-21(23)18-24(20-8-14-26-15-9-20)17-19-6-11-22(12-7-19)13-16-25-2/h19-21H,3-18H2,1-2H3/t21-/m1/s1. The molecule has 152 valence electrons. The predicted octanol–water partition coefficient (Wildman–Crippen LogP) is 2.31. The van der Waals surface area contributed by atoms with Crippen LogP contribution in [0, 0.1) is 5.92 Å². The fourth-order valence-electron chi connectivity index (χ4n) is 5.16. The van der Waals surface area contributed by atoms with Gasteiger partial charge in [0, 0.05) is 52.0 Å². The second-order valence-electron chi connectivity index (χ2n) is 8.50. The van der Waals surface area contributed by atoms with Gasteiger partial charge in [0.2, 0.25) is 0 Å². The SMILES string of the molecule is CCN1CCC[C@@H]1CN(CC1CCN(CCOC)CC1)C1CCOCC1. The van der Waals surface area contributed by atoms with Crippen molar-refractivity contribution in [3.63, 3.8) is 0 Å². The molecule has 0 aromatic rings. The van der Waals surface area contributed by atoms with E-state index in [4.69, 9.17) is 9.47 Å². The van der Waals surface area contributed by atoms with E-state index in [0.717, 1.165) is 44.4 Å². The summed E-state index contributed by atoms with van der Waals surface area (Å²) in [6.45, 7) is 13.8. The van der Waals surface area contributed by atoms with E-state index < -0.39 is 0 Å². The number of likely N-dealkylation sites (tertiary alicyclic amines) is 2. The van der Waals surface area contributed by atoms with Crippen molar-refractivity contribution >= 4 is 0 Å². The monoisotopic (exact) mass is 367 g/mol. The van der Waals surface area contributed by atoms with Crippen molar-refractivity contribution in [2.24, 2.45) is 5.92 Å². The fourth-order valence-corrected chi connectivity index (χ4v) is 5.16. The summed E-state index contributed by atoms with van der Waals surface area (Å²) in [5.74, 6) is 0.869. The number of hydrogen-bond acceptors (Lipinski definition) is 5. The summed E-state index contributed by atoms with van der Waals surface area (Å²) in [5, 5.41) is 0. The van der Waals surface area contributed by atoms with E-state index in [9.17, 15) is 0 Å². The van der Waals surface area contributed by atoms with Crippen LogP contribution < -0.4 is 0 Å². The van der Waals surface area contributed by atoms with Gasteiger partial charge in [0.15, 0.2) is 0 Å². The number of methoxy groups -OCH3 is 1. The Morgan fingerprint density at radius 2 is 1.77 bits per heavy atom. The zero-order chi connectivity index (χ0) is 18.2. The molecule has 3 heterocycles. The Balaban J connectivity index is 1.52. The van der Waals surface area contributed by atoms with Crippen molar-refractivity contribution in [3.8, 4) is 0 Å². The summed E-state index contributed by atoms with van der Waals surface area (Å²) in [6, 6.07) is 1.53.